The summed E-state index contributed by atoms with van der Waals surface area (Å²) in [6.07, 6.45) is 2.81. The van der Waals surface area contributed by atoms with Gasteiger partial charge in [-0.25, -0.2) is 8.42 Å². The number of ether oxygens (including phenoxy) is 1. The highest BCUT2D eigenvalue weighted by molar-refractivity contribution is 9.10. The van der Waals surface area contributed by atoms with Gasteiger partial charge >= 0.3 is 0 Å². The standard InChI is InChI=1S/C22H27BrN2O4S/c1-24(30(27,28)21-9-5-19(23)6-10-21)16-22(26)25-13-11-18(12-14-25)15-17-3-7-20(29-2)8-4-17/h3-10,18H,11-16H2,1-2H3. The van der Waals surface area contributed by atoms with Crippen LogP contribution >= 0.6 is 15.9 Å². The van der Waals surface area contributed by atoms with Crippen molar-refractivity contribution in [2.45, 2.75) is 24.2 Å². The van der Waals surface area contributed by atoms with Gasteiger partial charge in [0.1, 0.15) is 5.75 Å². The number of sulfonamides is 1. The van der Waals surface area contributed by atoms with Gasteiger partial charge in [0.2, 0.25) is 15.9 Å². The zero-order valence-electron chi connectivity index (χ0n) is 17.3. The number of likely N-dealkylation sites (N-methyl/N-ethyl adjacent to an activating group) is 1. The molecule has 8 heteroatoms. The second-order valence-corrected chi connectivity index (χ2v) is 10.6. The molecule has 0 saturated carbocycles. The second-order valence-electron chi connectivity index (χ2n) is 7.59. The van der Waals surface area contributed by atoms with Gasteiger partial charge in [-0.2, -0.15) is 4.31 Å². The van der Waals surface area contributed by atoms with Gasteiger partial charge in [-0.05, 0) is 67.1 Å². The number of carbonyl (C=O) groups excluding carboxylic acids is 1. The Morgan fingerprint density at radius 1 is 1.10 bits per heavy atom. The van der Waals surface area contributed by atoms with Crippen LogP contribution in [0.2, 0.25) is 0 Å². The molecule has 162 valence electrons. The number of hydrogen-bond donors (Lipinski definition) is 0. The summed E-state index contributed by atoms with van der Waals surface area (Å²) in [6, 6.07) is 14.5. The summed E-state index contributed by atoms with van der Waals surface area (Å²) in [6.45, 7) is 1.17. The summed E-state index contributed by atoms with van der Waals surface area (Å²) < 4.78 is 32.5. The fraction of sp³-hybridized carbons (Fsp3) is 0.409. The van der Waals surface area contributed by atoms with E-state index in [1.165, 1.54) is 24.7 Å². The highest BCUT2D eigenvalue weighted by Crippen LogP contribution is 2.24. The zero-order valence-corrected chi connectivity index (χ0v) is 19.7. The second kappa shape index (κ2) is 9.94. The Balaban J connectivity index is 1.51. The molecule has 0 aromatic heterocycles. The fourth-order valence-electron chi connectivity index (χ4n) is 3.64. The van der Waals surface area contributed by atoms with Gasteiger partial charge in [0.15, 0.2) is 0 Å². The van der Waals surface area contributed by atoms with Crippen molar-refractivity contribution in [2.24, 2.45) is 5.92 Å². The molecule has 0 bridgehead atoms. The number of halogens is 1. The minimum absolute atomic E-state index is 0.151. The highest BCUT2D eigenvalue weighted by Gasteiger charge is 2.27. The van der Waals surface area contributed by atoms with Gasteiger partial charge in [0, 0.05) is 24.6 Å². The minimum atomic E-state index is -3.69. The molecule has 1 fully saturated rings. The van der Waals surface area contributed by atoms with E-state index in [1.54, 1.807) is 24.1 Å². The molecule has 0 radical (unpaired) electrons. The summed E-state index contributed by atoms with van der Waals surface area (Å²) >= 11 is 3.30. The average molecular weight is 495 g/mol. The lowest BCUT2D eigenvalue weighted by Gasteiger charge is -2.33. The fourth-order valence-corrected chi connectivity index (χ4v) is 5.03. The van der Waals surface area contributed by atoms with Crippen LogP contribution < -0.4 is 4.74 Å². The summed E-state index contributed by atoms with van der Waals surface area (Å²) in [5, 5.41) is 0. The molecule has 1 aliphatic rings. The van der Waals surface area contributed by atoms with Crippen molar-refractivity contribution < 1.29 is 17.9 Å². The molecule has 1 amide bonds. The van der Waals surface area contributed by atoms with E-state index in [-0.39, 0.29) is 17.3 Å². The predicted molar refractivity (Wildman–Crippen MR) is 120 cm³/mol. The Morgan fingerprint density at radius 2 is 1.70 bits per heavy atom. The van der Waals surface area contributed by atoms with Crippen LogP contribution in [0.3, 0.4) is 0 Å². The van der Waals surface area contributed by atoms with Crippen LogP contribution in [0.4, 0.5) is 0 Å². The van der Waals surface area contributed by atoms with E-state index in [4.69, 9.17) is 4.74 Å². The van der Waals surface area contributed by atoms with Gasteiger partial charge in [0.05, 0.1) is 18.6 Å². The van der Waals surface area contributed by atoms with Crippen LogP contribution in [0.5, 0.6) is 5.75 Å². The lowest BCUT2D eigenvalue weighted by molar-refractivity contribution is -0.132. The molecule has 2 aromatic rings. The molecule has 1 aliphatic heterocycles. The van der Waals surface area contributed by atoms with Crippen LogP contribution in [-0.2, 0) is 21.2 Å². The first-order valence-corrected chi connectivity index (χ1v) is 12.2. The maximum atomic E-state index is 12.7. The average Bonchev–Trinajstić information content (AvgIpc) is 2.75. The van der Waals surface area contributed by atoms with Gasteiger partial charge in [-0.3, -0.25) is 4.79 Å². The third-order valence-electron chi connectivity index (χ3n) is 5.53. The number of piperidine rings is 1. The Labute approximate surface area is 187 Å². The molecule has 1 saturated heterocycles. The Kier molecular flexibility index (Phi) is 7.55. The van der Waals surface area contributed by atoms with Crippen LogP contribution in [0.25, 0.3) is 0 Å². The monoisotopic (exact) mass is 494 g/mol. The number of rotatable bonds is 7. The van der Waals surface area contributed by atoms with Gasteiger partial charge in [-0.1, -0.05) is 28.1 Å². The van der Waals surface area contributed by atoms with E-state index in [2.05, 4.69) is 28.1 Å². The molecule has 3 rings (SSSR count). The summed E-state index contributed by atoms with van der Waals surface area (Å²) in [5.74, 6) is 1.22. The first kappa shape index (κ1) is 22.8. The number of likely N-dealkylation sites (tertiary alicyclic amines) is 1. The summed E-state index contributed by atoms with van der Waals surface area (Å²) in [4.78, 5) is 14.6. The zero-order chi connectivity index (χ0) is 21.7. The van der Waals surface area contributed by atoms with Crippen molar-refractivity contribution in [2.75, 3.05) is 33.8 Å². The molecular formula is C22H27BrN2O4S. The van der Waals surface area contributed by atoms with Crippen molar-refractivity contribution in [1.29, 1.82) is 0 Å². The topological polar surface area (TPSA) is 66.9 Å². The third-order valence-corrected chi connectivity index (χ3v) is 7.88. The largest absolute Gasteiger partial charge is 0.497 e. The number of hydrogen-bond acceptors (Lipinski definition) is 4. The molecule has 0 unspecified atom stereocenters. The molecule has 6 nitrogen and oxygen atoms in total. The van der Waals surface area contributed by atoms with Gasteiger partial charge in [-0.15, -0.1) is 0 Å². The van der Waals surface area contributed by atoms with Crippen LogP contribution in [-0.4, -0.2) is 57.3 Å². The van der Waals surface area contributed by atoms with Gasteiger partial charge < -0.3 is 9.64 Å². The van der Waals surface area contributed by atoms with Crippen molar-refractivity contribution in [3.8, 4) is 5.75 Å². The molecule has 0 atom stereocenters. The van der Waals surface area contributed by atoms with Crippen LogP contribution in [0.15, 0.2) is 57.9 Å². The quantitative estimate of drug-likeness (QED) is 0.589. The number of benzene rings is 2. The SMILES string of the molecule is COc1ccc(CC2CCN(C(=O)CN(C)S(=O)(=O)c3ccc(Br)cc3)CC2)cc1. The number of amides is 1. The van der Waals surface area contributed by atoms with E-state index < -0.39 is 10.0 Å². The van der Waals surface area contributed by atoms with Crippen molar-refractivity contribution in [1.82, 2.24) is 9.21 Å². The first-order chi connectivity index (χ1) is 14.3. The van der Waals surface area contributed by atoms with E-state index in [0.29, 0.717) is 19.0 Å². The molecule has 2 aromatic carbocycles. The first-order valence-electron chi connectivity index (χ1n) is 9.92. The van der Waals surface area contributed by atoms with E-state index in [0.717, 1.165) is 33.8 Å². The third kappa shape index (κ3) is 5.62. The number of nitrogens with zero attached hydrogens (tertiary/aromatic N) is 2. The molecule has 1 heterocycles. The molecule has 30 heavy (non-hydrogen) atoms. The predicted octanol–water partition coefficient (Wildman–Crippen LogP) is 3.56. The summed E-state index contributed by atoms with van der Waals surface area (Å²) in [5.41, 5.74) is 1.26. The van der Waals surface area contributed by atoms with Crippen LogP contribution in [0.1, 0.15) is 18.4 Å². The Morgan fingerprint density at radius 3 is 2.27 bits per heavy atom. The smallest absolute Gasteiger partial charge is 0.243 e. The van der Waals surface area contributed by atoms with Crippen molar-refractivity contribution in [3.05, 3.63) is 58.6 Å². The van der Waals surface area contributed by atoms with Crippen LogP contribution in [0, 0.1) is 5.92 Å². The van der Waals surface area contributed by atoms with E-state index in [9.17, 15) is 13.2 Å². The minimum Gasteiger partial charge on any atom is -0.497 e. The van der Waals surface area contributed by atoms with E-state index >= 15 is 0 Å². The van der Waals surface area contributed by atoms with Gasteiger partial charge in [0.25, 0.3) is 0 Å². The maximum absolute atomic E-state index is 12.7. The normalized spacial score (nSPS) is 15.4. The summed E-state index contributed by atoms with van der Waals surface area (Å²) in [7, 11) is -0.586. The maximum Gasteiger partial charge on any atom is 0.243 e. The van der Waals surface area contributed by atoms with E-state index in [1.807, 2.05) is 12.1 Å². The molecule has 0 spiro atoms. The molecular weight excluding hydrogens is 468 g/mol. The Hall–Kier alpha value is -1.90. The molecule has 0 aliphatic carbocycles. The highest BCUT2D eigenvalue weighted by atomic mass is 79.9. The number of methoxy groups -OCH3 is 1. The number of carbonyl (C=O) groups is 1. The Bertz CT molecular complexity index is 954. The van der Waals surface area contributed by atoms with Crippen molar-refractivity contribution in [3.63, 3.8) is 0 Å². The van der Waals surface area contributed by atoms with Crippen molar-refractivity contribution >= 4 is 31.9 Å². The molecule has 0 N–H and O–H groups in total. The lowest BCUT2D eigenvalue weighted by atomic mass is 9.90. The lowest BCUT2D eigenvalue weighted by Crippen LogP contribution is -2.44.